The van der Waals surface area contributed by atoms with E-state index in [1.807, 2.05) is 12.3 Å². The number of guanidine groups is 1. The molecule has 140 valence electrons. The molecule has 0 saturated carbocycles. The fraction of sp³-hybridized carbons (Fsp3) is 0.500. The average Bonchev–Trinajstić information content (AvgIpc) is 2.98. The third-order valence-corrected chi connectivity index (χ3v) is 3.82. The van der Waals surface area contributed by atoms with Crippen LogP contribution in [0.4, 0.5) is 4.39 Å². The zero-order chi connectivity index (χ0) is 17.2. The van der Waals surface area contributed by atoms with E-state index in [0.717, 1.165) is 61.4 Å². The summed E-state index contributed by atoms with van der Waals surface area (Å²) in [7, 11) is 1.75. The fourth-order valence-corrected chi connectivity index (χ4v) is 2.49. The van der Waals surface area contributed by atoms with Gasteiger partial charge in [0.2, 0.25) is 0 Å². The average molecular weight is 462 g/mol. The molecule has 3 N–H and O–H groups in total. The van der Waals surface area contributed by atoms with Crippen LogP contribution in [-0.4, -0.2) is 44.3 Å². The maximum atomic E-state index is 13.2. The van der Waals surface area contributed by atoms with Crippen molar-refractivity contribution in [3.05, 3.63) is 35.8 Å². The van der Waals surface area contributed by atoms with Gasteiger partial charge in [0, 0.05) is 43.8 Å². The van der Waals surface area contributed by atoms with Crippen molar-refractivity contribution < 1.29 is 9.13 Å². The molecule has 7 heteroatoms. The van der Waals surface area contributed by atoms with Crippen molar-refractivity contribution in [3.8, 4) is 0 Å². The van der Waals surface area contributed by atoms with Crippen molar-refractivity contribution in [1.82, 2.24) is 15.6 Å². The summed E-state index contributed by atoms with van der Waals surface area (Å²) in [6.45, 7) is 5.12. The van der Waals surface area contributed by atoms with Crippen molar-refractivity contribution in [2.24, 2.45) is 4.99 Å². The quantitative estimate of drug-likeness (QED) is 0.232. The van der Waals surface area contributed by atoms with Crippen LogP contribution >= 0.6 is 24.0 Å². The molecule has 0 aliphatic carbocycles. The number of ether oxygens (including phenoxy) is 1. The Kier molecular flexibility index (Phi) is 10.5. The fourth-order valence-electron chi connectivity index (χ4n) is 2.49. The number of fused-ring (bicyclic) bond motifs is 1. The highest BCUT2D eigenvalue weighted by Gasteiger charge is 2.05. The molecule has 0 unspecified atom stereocenters. The molecule has 1 aromatic carbocycles. The highest BCUT2D eigenvalue weighted by atomic mass is 127. The molecule has 0 spiro atoms. The van der Waals surface area contributed by atoms with Crippen LogP contribution in [0.5, 0.6) is 0 Å². The Hall–Kier alpha value is -1.35. The highest BCUT2D eigenvalue weighted by Crippen LogP contribution is 2.19. The minimum absolute atomic E-state index is 0. The van der Waals surface area contributed by atoms with Crippen LogP contribution in [0.3, 0.4) is 0 Å². The summed E-state index contributed by atoms with van der Waals surface area (Å²) in [5, 5.41) is 7.57. The third kappa shape index (κ3) is 7.19. The van der Waals surface area contributed by atoms with Crippen molar-refractivity contribution in [1.29, 1.82) is 0 Å². The second kappa shape index (κ2) is 12.1. The Morgan fingerprint density at radius 1 is 1.24 bits per heavy atom. The largest absolute Gasteiger partial charge is 0.380 e. The Labute approximate surface area is 165 Å². The van der Waals surface area contributed by atoms with E-state index >= 15 is 0 Å². The van der Waals surface area contributed by atoms with Crippen LogP contribution in [0.25, 0.3) is 10.9 Å². The van der Waals surface area contributed by atoms with Crippen molar-refractivity contribution in [2.45, 2.75) is 26.2 Å². The molecule has 25 heavy (non-hydrogen) atoms. The van der Waals surface area contributed by atoms with Gasteiger partial charge in [0.25, 0.3) is 0 Å². The lowest BCUT2D eigenvalue weighted by Crippen LogP contribution is -2.39. The molecule has 2 aromatic rings. The third-order valence-electron chi connectivity index (χ3n) is 3.82. The number of unbranched alkanes of at least 4 members (excludes halogenated alkanes) is 1. The first kappa shape index (κ1) is 21.7. The maximum absolute atomic E-state index is 13.2. The van der Waals surface area contributed by atoms with E-state index in [2.05, 4.69) is 27.5 Å². The normalized spacial score (nSPS) is 11.4. The molecular weight excluding hydrogens is 434 g/mol. The van der Waals surface area contributed by atoms with Gasteiger partial charge in [-0.1, -0.05) is 13.3 Å². The number of nitrogens with zero attached hydrogens (tertiary/aromatic N) is 1. The van der Waals surface area contributed by atoms with Crippen LogP contribution in [-0.2, 0) is 11.2 Å². The minimum Gasteiger partial charge on any atom is -0.380 e. The number of H-pyrrole nitrogens is 1. The molecule has 0 radical (unpaired) electrons. The van der Waals surface area contributed by atoms with Gasteiger partial charge < -0.3 is 20.4 Å². The Morgan fingerprint density at radius 3 is 2.80 bits per heavy atom. The lowest BCUT2D eigenvalue weighted by Gasteiger charge is -2.11. The van der Waals surface area contributed by atoms with E-state index in [0.29, 0.717) is 6.61 Å². The molecule has 0 amide bonds. The lowest BCUT2D eigenvalue weighted by atomic mass is 10.1. The van der Waals surface area contributed by atoms with E-state index in [1.54, 1.807) is 7.05 Å². The molecule has 0 fully saturated rings. The van der Waals surface area contributed by atoms with Gasteiger partial charge in [-0.25, -0.2) is 4.39 Å². The van der Waals surface area contributed by atoms with Crippen molar-refractivity contribution in [2.75, 3.05) is 33.4 Å². The van der Waals surface area contributed by atoms with Gasteiger partial charge >= 0.3 is 0 Å². The molecule has 1 heterocycles. The number of halogens is 2. The molecule has 2 rings (SSSR count). The number of benzene rings is 1. The van der Waals surface area contributed by atoms with Gasteiger partial charge in [-0.3, -0.25) is 4.99 Å². The van der Waals surface area contributed by atoms with Crippen LogP contribution in [0.15, 0.2) is 29.4 Å². The predicted molar refractivity (Wildman–Crippen MR) is 112 cm³/mol. The number of hydrogen-bond acceptors (Lipinski definition) is 2. The first-order valence-corrected chi connectivity index (χ1v) is 8.52. The van der Waals surface area contributed by atoms with Gasteiger partial charge in [-0.05, 0) is 36.6 Å². The van der Waals surface area contributed by atoms with Crippen molar-refractivity contribution in [3.63, 3.8) is 0 Å². The molecule has 1 aromatic heterocycles. The second-order valence-electron chi connectivity index (χ2n) is 5.65. The molecule has 5 nitrogen and oxygen atoms in total. The number of aromatic amines is 1. The lowest BCUT2D eigenvalue weighted by molar-refractivity contribution is 0.136. The number of aromatic nitrogens is 1. The zero-order valence-corrected chi connectivity index (χ0v) is 17.2. The van der Waals surface area contributed by atoms with Gasteiger partial charge in [-0.2, -0.15) is 0 Å². The van der Waals surface area contributed by atoms with E-state index in [4.69, 9.17) is 4.74 Å². The molecular formula is C18H28FIN4O. The standard InChI is InChI=1S/C18H27FN4O.HI/c1-3-4-10-24-11-9-22-18(20-2)21-8-7-14-13-23-17-12-15(19)5-6-16(14)17;/h5-6,12-13,23H,3-4,7-11H2,1-2H3,(H2,20,21,22);1H. The number of rotatable bonds is 9. The summed E-state index contributed by atoms with van der Waals surface area (Å²) >= 11 is 0. The highest BCUT2D eigenvalue weighted by molar-refractivity contribution is 14.0. The van der Waals surface area contributed by atoms with Crippen LogP contribution in [0, 0.1) is 5.82 Å². The molecule has 0 aliphatic heterocycles. The predicted octanol–water partition coefficient (Wildman–Crippen LogP) is 3.45. The second-order valence-corrected chi connectivity index (χ2v) is 5.65. The number of nitrogens with one attached hydrogen (secondary N) is 3. The topological polar surface area (TPSA) is 61.4 Å². The monoisotopic (exact) mass is 462 g/mol. The Balaban J connectivity index is 0.00000312. The van der Waals surface area contributed by atoms with E-state index in [9.17, 15) is 4.39 Å². The first-order valence-electron chi connectivity index (χ1n) is 8.52. The summed E-state index contributed by atoms with van der Waals surface area (Å²) in [6, 6.07) is 4.83. The zero-order valence-electron chi connectivity index (χ0n) is 14.9. The van der Waals surface area contributed by atoms with Gasteiger partial charge in [-0.15, -0.1) is 24.0 Å². The molecule has 0 bridgehead atoms. The summed E-state index contributed by atoms with van der Waals surface area (Å²) < 4.78 is 18.7. The molecule has 0 saturated heterocycles. The maximum Gasteiger partial charge on any atom is 0.191 e. The Morgan fingerprint density at radius 2 is 2.04 bits per heavy atom. The number of hydrogen-bond donors (Lipinski definition) is 3. The van der Waals surface area contributed by atoms with E-state index in [1.165, 1.54) is 12.1 Å². The number of aliphatic imine (C=N–C) groups is 1. The van der Waals surface area contributed by atoms with Gasteiger partial charge in [0.05, 0.1) is 6.61 Å². The first-order chi connectivity index (χ1) is 11.7. The van der Waals surface area contributed by atoms with Crippen LogP contribution in [0.2, 0.25) is 0 Å². The van der Waals surface area contributed by atoms with E-state index in [-0.39, 0.29) is 29.8 Å². The summed E-state index contributed by atoms with van der Waals surface area (Å²) in [5.41, 5.74) is 1.99. The Bertz CT molecular complexity index is 660. The van der Waals surface area contributed by atoms with Crippen LogP contribution < -0.4 is 10.6 Å². The van der Waals surface area contributed by atoms with Gasteiger partial charge in [0.15, 0.2) is 5.96 Å². The van der Waals surface area contributed by atoms with Crippen LogP contribution in [0.1, 0.15) is 25.3 Å². The summed E-state index contributed by atoms with van der Waals surface area (Å²) in [5.74, 6) is 0.541. The minimum atomic E-state index is -0.222. The molecule has 0 aliphatic rings. The summed E-state index contributed by atoms with van der Waals surface area (Å²) in [6.07, 6.45) is 5.02. The van der Waals surface area contributed by atoms with Gasteiger partial charge in [0.1, 0.15) is 5.82 Å². The summed E-state index contributed by atoms with van der Waals surface area (Å²) in [4.78, 5) is 7.31. The smallest absolute Gasteiger partial charge is 0.191 e. The molecule has 0 atom stereocenters. The van der Waals surface area contributed by atoms with E-state index < -0.39 is 0 Å². The van der Waals surface area contributed by atoms with Crippen molar-refractivity contribution >= 4 is 40.8 Å². The SMILES string of the molecule is CCCCOCCNC(=NC)NCCc1c[nH]c2cc(F)ccc12.I.